The molecular weight excluding hydrogens is 328 g/mol. The number of hydrogen-bond acceptors (Lipinski definition) is 2. The van der Waals surface area contributed by atoms with Gasteiger partial charge in [0.25, 0.3) is 5.91 Å². The summed E-state index contributed by atoms with van der Waals surface area (Å²) in [5, 5.41) is 3.38. The second-order valence-corrected chi connectivity index (χ2v) is 7.06. The second-order valence-electron chi connectivity index (χ2n) is 6.21. The van der Waals surface area contributed by atoms with E-state index in [2.05, 4.69) is 35.1 Å². The third-order valence-electron chi connectivity index (χ3n) is 4.20. The van der Waals surface area contributed by atoms with E-state index in [-0.39, 0.29) is 11.9 Å². The molecule has 0 unspecified atom stereocenters. The Bertz CT molecular complexity index is 496. The van der Waals surface area contributed by atoms with E-state index >= 15 is 0 Å². The number of piperidine rings is 1. The van der Waals surface area contributed by atoms with Crippen LogP contribution in [0.25, 0.3) is 0 Å². The van der Waals surface area contributed by atoms with E-state index in [1.165, 1.54) is 0 Å². The fourth-order valence-corrected chi connectivity index (χ4v) is 3.06. The molecule has 1 aliphatic rings. The highest BCUT2D eigenvalue weighted by Gasteiger charge is 2.24. The van der Waals surface area contributed by atoms with E-state index < -0.39 is 0 Å². The van der Waals surface area contributed by atoms with E-state index in [0.717, 1.165) is 48.1 Å². The van der Waals surface area contributed by atoms with E-state index in [9.17, 15) is 4.79 Å². The first-order valence-corrected chi connectivity index (χ1v) is 8.56. The molecule has 0 radical (unpaired) electrons. The zero-order chi connectivity index (χ0) is 15.4. The van der Waals surface area contributed by atoms with Crippen LogP contribution in [-0.4, -0.2) is 36.5 Å². The van der Waals surface area contributed by atoms with Crippen LogP contribution < -0.4 is 5.32 Å². The summed E-state index contributed by atoms with van der Waals surface area (Å²) in [5.74, 6) is 0.772. The van der Waals surface area contributed by atoms with Gasteiger partial charge in [0.05, 0.1) is 0 Å². The number of carbonyl (C=O) groups excluding carboxylic acids is 1. The summed E-state index contributed by atoms with van der Waals surface area (Å²) in [6, 6.07) is 6.09. The molecule has 4 heteroatoms. The monoisotopic (exact) mass is 352 g/mol. The lowest BCUT2D eigenvalue weighted by Gasteiger charge is -2.33. The van der Waals surface area contributed by atoms with E-state index in [1.807, 2.05) is 30.0 Å². The topological polar surface area (TPSA) is 32.3 Å². The molecule has 116 valence electrons. The standard InChI is InChI=1S/C17H25BrN2O/c1-12(2)20(11-14-6-8-19-9-7-14)17(21)15-4-5-16(18)13(3)10-15/h4-5,10,12,14,19H,6-9,11H2,1-3H3. The highest BCUT2D eigenvalue weighted by Crippen LogP contribution is 2.21. The molecule has 0 aliphatic carbocycles. The van der Waals surface area contributed by atoms with Crippen molar-refractivity contribution < 1.29 is 4.79 Å². The van der Waals surface area contributed by atoms with Gasteiger partial charge >= 0.3 is 0 Å². The minimum Gasteiger partial charge on any atom is -0.336 e. The van der Waals surface area contributed by atoms with Gasteiger partial charge in [0.15, 0.2) is 0 Å². The Morgan fingerprint density at radius 2 is 2.05 bits per heavy atom. The molecule has 1 heterocycles. The van der Waals surface area contributed by atoms with Crippen molar-refractivity contribution in [3.63, 3.8) is 0 Å². The first-order chi connectivity index (χ1) is 9.99. The lowest BCUT2D eigenvalue weighted by atomic mass is 9.96. The quantitative estimate of drug-likeness (QED) is 0.897. The molecule has 0 aromatic heterocycles. The maximum Gasteiger partial charge on any atom is 0.254 e. The summed E-state index contributed by atoms with van der Waals surface area (Å²) in [4.78, 5) is 14.8. The SMILES string of the molecule is Cc1cc(C(=O)N(CC2CCNCC2)C(C)C)ccc1Br. The average Bonchev–Trinajstić information content (AvgIpc) is 2.47. The van der Waals surface area contributed by atoms with Crippen LogP contribution in [0.2, 0.25) is 0 Å². The molecule has 1 saturated heterocycles. The molecule has 0 spiro atoms. The van der Waals surface area contributed by atoms with Crippen molar-refractivity contribution in [3.05, 3.63) is 33.8 Å². The van der Waals surface area contributed by atoms with E-state index in [1.54, 1.807) is 0 Å². The van der Waals surface area contributed by atoms with Gasteiger partial charge in [0, 0.05) is 22.6 Å². The predicted molar refractivity (Wildman–Crippen MR) is 90.6 cm³/mol. The molecular formula is C17H25BrN2O. The number of carbonyl (C=O) groups is 1. The lowest BCUT2D eigenvalue weighted by molar-refractivity contribution is 0.0658. The number of benzene rings is 1. The van der Waals surface area contributed by atoms with Gasteiger partial charge in [0.2, 0.25) is 0 Å². The van der Waals surface area contributed by atoms with Gasteiger partial charge < -0.3 is 10.2 Å². The Labute approximate surface area is 136 Å². The molecule has 0 saturated carbocycles. The fourth-order valence-electron chi connectivity index (χ4n) is 2.81. The van der Waals surface area contributed by atoms with Crippen molar-refractivity contribution >= 4 is 21.8 Å². The maximum absolute atomic E-state index is 12.8. The Hall–Kier alpha value is -0.870. The maximum atomic E-state index is 12.8. The van der Waals surface area contributed by atoms with E-state index in [0.29, 0.717) is 5.92 Å². The van der Waals surface area contributed by atoms with Crippen LogP contribution in [0.4, 0.5) is 0 Å². The molecule has 21 heavy (non-hydrogen) atoms. The van der Waals surface area contributed by atoms with Crippen LogP contribution in [0.5, 0.6) is 0 Å². The van der Waals surface area contributed by atoms with Crippen molar-refractivity contribution in [1.29, 1.82) is 0 Å². The Balaban J connectivity index is 2.12. The first kappa shape index (κ1) is 16.5. The van der Waals surface area contributed by atoms with Gasteiger partial charge in [-0.2, -0.15) is 0 Å². The zero-order valence-electron chi connectivity index (χ0n) is 13.2. The molecule has 0 atom stereocenters. The number of amides is 1. The largest absolute Gasteiger partial charge is 0.336 e. The summed E-state index contributed by atoms with van der Waals surface area (Å²) in [6.07, 6.45) is 2.33. The smallest absolute Gasteiger partial charge is 0.254 e. The highest BCUT2D eigenvalue weighted by atomic mass is 79.9. The molecule has 1 aliphatic heterocycles. The van der Waals surface area contributed by atoms with Crippen LogP contribution in [0.15, 0.2) is 22.7 Å². The van der Waals surface area contributed by atoms with Crippen LogP contribution in [0.3, 0.4) is 0 Å². The lowest BCUT2D eigenvalue weighted by Crippen LogP contribution is -2.43. The van der Waals surface area contributed by atoms with Crippen molar-refractivity contribution in [2.75, 3.05) is 19.6 Å². The summed E-state index contributed by atoms with van der Waals surface area (Å²) in [6.45, 7) is 9.24. The van der Waals surface area contributed by atoms with Crippen LogP contribution >= 0.6 is 15.9 Å². The normalized spacial score (nSPS) is 16.2. The molecule has 1 aromatic rings. The summed E-state index contributed by atoms with van der Waals surface area (Å²) in [7, 11) is 0. The minimum absolute atomic E-state index is 0.152. The summed E-state index contributed by atoms with van der Waals surface area (Å²) >= 11 is 3.49. The van der Waals surface area contributed by atoms with E-state index in [4.69, 9.17) is 0 Å². The average molecular weight is 353 g/mol. The number of hydrogen-bond donors (Lipinski definition) is 1. The van der Waals surface area contributed by atoms with Crippen LogP contribution in [0.1, 0.15) is 42.6 Å². The molecule has 1 amide bonds. The van der Waals surface area contributed by atoms with Gasteiger partial charge in [-0.15, -0.1) is 0 Å². The first-order valence-electron chi connectivity index (χ1n) is 7.77. The molecule has 0 bridgehead atoms. The number of halogens is 1. The summed E-state index contributed by atoms with van der Waals surface area (Å²) < 4.78 is 1.05. The Kier molecular flexibility index (Phi) is 5.82. The van der Waals surface area contributed by atoms with Gasteiger partial charge in [-0.3, -0.25) is 4.79 Å². The van der Waals surface area contributed by atoms with Crippen molar-refractivity contribution in [3.8, 4) is 0 Å². The van der Waals surface area contributed by atoms with Crippen molar-refractivity contribution in [1.82, 2.24) is 10.2 Å². The van der Waals surface area contributed by atoms with Gasteiger partial charge in [-0.05, 0) is 76.4 Å². The molecule has 2 rings (SSSR count). The molecule has 1 aromatic carbocycles. The number of rotatable bonds is 4. The highest BCUT2D eigenvalue weighted by molar-refractivity contribution is 9.10. The molecule has 1 fully saturated rings. The Morgan fingerprint density at radius 3 is 2.62 bits per heavy atom. The third-order valence-corrected chi connectivity index (χ3v) is 5.09. The van der Waals surface area contributed by atoms with Crippen LogP contribution in [-0.2, 0) is 0 Å². The second kappa shape index (κ2) is 7.41. The third kappa shape index (κ3) is 4.30. The number of aryl methyl sites for hydroxylation is 1. The van der Waals surface area contributed by atoms with Gasteiger partial charge in [0.1, 0.15) is 0 Å². The predicted octanol–water partition coefficient (Wildman–Crippen LogP) is 3.61. The van der Waals surface area contributed by atoms with Gasteiger partial charge in [-0.25, -0.2) is 0 Å². The molecule has 3 nitrogen and oxygen atoms in total. The Morgan fingerprint density at radius 1 is 1.38 bits per heavy atom. The number of nitrogens with zero attached hydrogens (tertiary/aromatic N) is 1. The van der Waals surface area contributed by atoms with Crippen molar-refractivity contribution in [2.45, 2.75) is 39.7 Å². The molecule has 1 N–H and O–H groups in total. The van der Waals surface area contributed by atoms with Crippen molar-refractivity contribution in [2.24, 2.45) is 5.92 Å². The van der Waals surface area contributed by atoms with Gasteiger partial charge in [-0.1, -0.05) is 15.9 Å². The fraction of sp³-hybridized carbons (Fsp3) is 0.588. The number of nitrogens with one attached hydrogen (secondary N) is 1. The zero-order valence-corrected chi connectivity index (χ0v) is 14.7. The summed E-state index contributed by atoms with van der Waals surface area (Å²) in [5.41, 5.74) is 1.89. The minimum atomic E-state index is 0.152. The van der Waals surface area contributed by atoms with Crippen LogP contribution in [0, 0.1) is 12.8 Å².